The van der Waals surface area contributed by atoms with Gasteiger partial charge in [-0.15, -0.1) is 0 Å². The van der Waals surface area contributed by atoms with Crippen LogP contribution in [0.4, 0.5) is 5.69 Å². The Morgan fingerprint density at radius 2 is 1.74 bits per heavy atom. The highest BCUT2D eigenvalue weighted by Gasteiger charge is 2.18. The van der Waals surface area contributed by atoms with Gasteiger partial charge < -0.3 is 15.1 Å². The number of hydrogen-bond acceptors (Lipinski definition) is 5. The van der Waals surface area contributed by atoms with E-state index in [0.29, 0.717) is 17.7 Å². The third-order valence-electron chi connectivity index (χ3n) is 4.34. The van der Waals surface area contributed by atoms with E-state index in [9.17, 15) is 19.7 Å². The van der Waals surface area contributed by atoms with Gasteiger partial charge in [-0.25, -0.2) is 0 Å². The first-order valence-corrected chi connectivity index (χ1v) is 9.69. The smallest absolute Gasteiger partial charge is 0.280 e. The molecule has 0 aliphatic carbocycles. The summed E-state index contributed by atoms with van der Waals surface area (Å²) < 4.78 is 5.72. The summed E-state index contributed by atoms with van der Waals surface area (Å²) in [6.45, 7) is 2.36. The zero-order valence-corrected chi connectivity index (χ0v) is 16.8. The highest BCUT2D eigenvalue weighted by molar-refractivity contribution is 6.05. The average Bonchev–Trinajstić information content (AvgIpc) is 3.26. The number of amides is 2. The first kappa shape index (κ1) is 21.5. The monoisotopic (exact) mass is 419 g/mol. The van der Waals surface area contributed by atoms with E-state index in [4.69, 9.17) is 4.42 Å². The Bertz CT molecular complexity index is 1120. The number of nitrogens with one attached hydrogen (secondary N) is 2. The Kier molecular flexibility index (Phi) is 6.95. The normalized spacial score (nSPS) is 11.1. The largest absolute Gasteiger partial charge is 0.456 e. The molecule has 2 amide bonds. The van der Waals surface area contributed by atoms with Crippen molar-refractivity contribution in [2.24, 2.45) is 0 Å². The van der Waals surface area contributed by atoms with Gasteiger partial charge in [0.05, 0.1) is 10.5 Å². The van der Waals surface area contributed by atoms with Crippen LogP contribution in [0.25, 0.3) is 17.4 Å². The molecule has 2 N–H and O–H groups in total. The zero-order valence-electron chi connectivity index (χ0n) is 16.8. The van der Waals surface area contributed by atoms with Gasteiger partial charge in [0.1, 0.15) is 17.2 Å². The molecular formula is C23H21N3O5. The first-order valence-electron chi connectivity index (χ1n) is 9.69. The number of benzene rings is 2. The van der Waals surface area contributed by atoms with Gasteiger partial charge in [0, 0.05) is 24.3 Å². The number of nitro groups is 1. The second-order valence-corrected chi connectivity index (χ2v) is 6.61. The van der Waals surface area contributed by atoms with Crippen molar-refractivity contribution in [1.82, 2.24) is 10.6 Å². The number of furan rings is 1. The van der Waals surface area contributed by atoms with E-state index in [1.165, 1.54) is 12.1 Å². The minimum Gasteiger partial charge on any atom is -0.456 e. The summed E-state index contributed by atoms with van der Waals surface area (Å²) in [5.74, 6) is -0.358. The fraction of sp³-hybridized carbons (Fsp3) is 0.130. The summed E-state index contributed by atoms with van der Waals surface area (Å²) in [6, 6.07) is 17.9. The summed E-state index contributed by atoms with van der Waals surface area (Å²) in [7, 11) is 0. The highest BCUT2D eigenvalue weighted by atomic mass is 16.6. The first-order chi connectivity index (χ1) is 15.0. The second-order valence-electron chi connectivity index (χ2n) is 6.61. The maximum Gasteiger partial charge on any atom is 0.280 e. The number of nitro benzene ring substituents is 1. The fourth-order valence-electron chi connectivity index (χ4n) is 2.83. The Hall–Kier alpha value is -4.20. The second kappa shape index (κ2) is 10.0. The van der Waals surface area contributed by atoms with Crippen LogP contribution in [0.3, 0.4) is 0 Å². The molecule has 0 spiro atoms. The molecular weight excluding hydrogens is 398 g/mol. The topological polar surface area (TPSA) is 114 Å². The Balaban J connectivity index is 1.91. The Morgan fingerprint density at radius 3 is 2.45 bits per heavy atom. The lowest BCUT2D eigenvalue weighted by Crippen LogP contribution is -2.35. The molecule has 8 heteroatoms. The summed E-state index contributed by atoms with van der Waals surface area (Å²) >= 11 is 0. The van der Waals surface area contributed by atoms with E-state index in [2.05, 4.69) is 10.6 Å². The SMILES string of the molecule is CCCNC(=O)C(=Cc1ccc(-c2ccccc2[N+](=O)[O-])o1)NC(=O)c1ccccc1. The number of carbonyl (C=O) groups excluding carboxylic acids is 2. The molecule has 31 heavy (non-hydrogen) atoms. The molecule has 8 nitrogen and oxygen atoms in total. The van der Waals surface area contributed by atoms with Crippen molar-refractivity contribution >= 4 is 23.6 Å². The van der Waals surface area contributed by atoms with Crippen molar-refractivity contribution in [3.63, 3.8) is 0 Å². The molecule has 0 fully saturated rings. The Morgan fingerprint density at radius 1 is 1.03 bits per heavy atom. The maximum absolute atomic E-state index is 12.6. The number of hydrogen-bond donors (Lipinski definition) is 2. The molecule has 0 saturated carbocycles. The van der Waals surface area contributed by atoms with Gasteiger partial charge in [-0.3, -0.25) is 19.7 Å². The van der Waals surface area contributed by atoms with Crippen LogP contribution in [-0.4, -0.2) is 23.3 Å². The van der Waals surface area contributed by atoms with Crippen molar-refractivity contribution in [1.29, 1.82) is 0 Å². The van der Waals surface area contributed by atoms with Crippen LogP contribution in [-0.2, 0) is 4.79 Å². The molecule has 158 valence electrons. The van der Waals surface area contributed by atoms with Gasteiger partial charge in [-0.05, 0) is 36.8 Å². The van der Waals surface area contributed by atoms with Crippen LogP contribution in [0.5, 0.6) is 0 Å². The third-order valence-corrected chi connectivity index (χ3v) is 4.34. The highest BCUT2D eigenvalue weighted by Crippen LogP contribution is 2.31. The third kappa shape index (κ3) is 5.45. The molecule has 0 unspecified atom stereocenters. The van der Waals surface area contributed by atoms with Crippen molar-refractivity contribution < 1.29 is 18.9 Å². The van der Waals surface area contributed by atoms with Crippen LogP contribution in [0.15, 0.2) is 76.8 Å². The van der Waals surface area contributed by atoms with Crippen molar-refractivity contribution in [2.75, 3.05) is 6.54 Å². The minimum absolute atomic E-state index is 0.00534. The lowest BCUT2D eigenvalue weighted by molar-refractivity contribution is -0.384. The van der Waals surface area contributed by atoms with Crippen LogP contribution in [0.1, 0.15) is 29.5 Å². The van der Waals surface area contributed by atoms with Crippen LogP contribution in [0, 0.1) is 10.1 Å². The van der Waals surface area contributed by atoms with Gasteiger partial charge in [0.15, 0.2) is 0 Å². The molecule has 2 aromatic carbocycles. The van der Waals surface area contributed by atoms with Gasteiger partial charge in [0.2, 0.25) is 0 Å². The summed E-state index contributed by atoms with van der Waals surface area (Å²) in [5, 5.41) is 16.6. The number of para-hydroxylation sites is 1. The molecule has 0 aliphatic heterocycles. The van der Waals surface area contributed by atoms with E-state index in [1.807, 2.05) is 6.92 Å². The molecule has 1 heterocycles. The van der Waals surface area contributed by atoms with Crippen molar-refractivity contribution in [3.8, 4) is 11.3 Å². The summed E-state index contributed by atoms with van der Waals surface area (Å²) in [5.41, 5.74) is 0.630. The van der Waals surface area contributed by atoms with E-state index < -0.39 is 16.7 Å². The number of carbonyl (C=O) groups is 2. The van der Waals surface area contributed by atoms with E-state index in [1.54, 1.807) is 60.7 Å². The summed E-state index contributed by atoms with van der Waals surface area (Å²) in [4.78, 5) is 35.9. The van der Waals surface area contributed by atoms with Gasteiger partial charge in [-0.2, -0.15) is 0 Å². The molecule has 3 rings (SSSR count). The van der Waals surface area contributed by atoms with Crippen LogP contribution < -0.4 is 10.6 Å². The molecule has 0 aliphatic rings. The van der Waals surface area contributed by atoms with Gasteiger partial charge in [-0.1, -0.05) is 37.3 Å². The predicted octanol–water partition coefficient (Wildman–Crippen LogP) is 4.15. The van der Waals surface area contributed by atoms with E-state index in [-0.39, 0.29) is 22.9 Å². The number of nitrogens with zero attached hydrogens (tertiary/aromatic N) is 1. The van der Waals surface area contributed by atoms with E-state index in [0.717, 1.165) is 6.42 Å². The number of rotatable bonds is 8. The molecule has 0 radical (unpaired) electrons. The van der Waals surface area contributed by atoms with Crippen LogP contribution in [0.2, 0.25) is 0 Å². The predicted molar refractivity (Wildman–Crippen MR) is 116 cm³/mol. The zero-order chi connectivity index (χ0) is 22.2. The van der Waals surface area contributed by atoms with Crippen molar-refractivity contribution in [2.45, 2.75) is 13.3 Å². The lowest BCUT2D eigenvalue weighted by atomic mass is 10.1. The fourth-order valence-corrected chi connectivity index (χ4v) is 2.83. The molecule has 0 atom stereocenters. The Labute approximate surface area is 178 Å². The van der Waals surface area contributed by atoms with Crippen LogP contribution >= 0.6 is 0 Å². The quantitative estimate of drug-likeness (QED) is 0.323. The molecule has 0 bridgehead atoms. The lowest BCUT2D eigenvalue weighted by Gasteiger charge is -2.10. The molecule has 1 aromatic heterocycles. The molecule has 0 saturated heterocycles. The van der Waals surface area contributed by atoms with Gasteiger partial charge >= 0.3 is 0 Å². The average molecular weight is 419 g/mol. The standard InChI is InChI=1S/C23H21N3O5/c1-2-14-24-23(28)19(25-22(27)16-8-4-3-5-9-16)15-17-12-13-21(31-17)18-10-6-7-11-20(18)26(29)30/h3-13,15H,2,14H2,1H3,(H,24,28)(H,25,27). The van der Waals surface area contributed by atoms with Crippen molar-refractivity contribution in [3.05, 3.63) is 93.9 Å². The maximum atomic E-state index is 12.6. The van der Waals surface area contributed by atoms with Gasteiger partial charge in [0.25, 0.3) is 17.5 Å². The minimum atomic E-state index is -0.489. The summed E-state index contributed by atoms with van der Waals surface area (Å²) in [6.07, 6.45) is 2.12. The van der Waals surface area contributed by atoms with E-state index >= 15 is 0 Å². The molecule has 3 aromatic rings.